The molecule has 0 unspecified atom stereocenters. The van der Waals surface area contributed by atoms with Crippen LogP contribution in [0, 0.1) is 0 Å². The van der Waals surface area contributed by atoms with E-state index in [9.17, 15) is 9.90 Å². The van der Waals surface area contributed by atoms with Crippen molar-refractivity contribution in [3.63, 3.8) is 0 Å². The van der Waals surface area contributed by atoms with E-state index in [4.69, 9.17) is 0 Å². The Kier molecular flexibility index (Phi) is 4.49. The molecule has 0 spiro atoms. The first-order chi connectivity index (χ1) is 13.2. The van der Waals surface area contributed by atoms with Gasteiger partial charge in [0.05, 0.1) is 17.3 Å². The van der Waals surface area contributed by atoms with Gasteiger partial charge in [0.1, 0.15) is 5.75 Å². The minimum absolute atomic E-state index is 0.0968. The molecule has 4 aromatic rings. The zero-order chi connectivity index (χ0) is 18.6. The van der Waals surface area contributed by atoms with Gasteiger partial charge in [0.2, 0.25) is 0 Å². The van der Waals surface area contributed by atoms with Gasteiger partial charge >= 0.3 is 0 Å². The maximum absolute atomic E-state index is 12.8. The molecule has 1 N–H and O–H groups in total. The largest absolute Gasteiger partial charge is 0.507 e. The Morgan fingerprint density at radius 1 is 0.889 bits per heavy atom. The highest BCUT2D eigenvalue weighted by atomic mass is 16.3. The third kappa shape index (κ3) is 3.48. The highest BCUT2D eigenvalue weighted by Gasteiger charge is 2.10. The van der Waals surface area contributed by atoms with Gasteiger partial charge in [-0.25, -0.2) is 0 Å². The number of aromatic hydroxyl groups is 1. The van der Waals surface area contributed by atoms with E-state index < -0.39 is 0 Å². The van der Waals surface area contributed by atoms with Gasteiger partial charge in [-0.2, -0.15) is 10.2 Å². The molecule has 27 heavy (non-hydrogen) atoms. The number of para-hydroxylation sites is 1. The van der Waals surface area contributed by atoms with Gasteiger partial charge in [0, 0.05) is 17.4 Å². The van der Waals surface area contributed by atoms with Crippen LogP contribution >= 0.6 is 0 Å². The molecule has 0 aliphatic heterocycles. The lowest BCUT2D eigenvalue weighted by atomic mass is 10.0. The van der Waals surface area contributed by atoms with E-state index in [0.29, 0.717) is 17.4 Å². The standard InChI is InChI=1S/C22H17N3O2/c26-21-13-7-4-10-17(21)15-23-25-22(27)19-12-6-5-11-18(19)20(24-25)14-16-8-2-1-3-9-16/h1-13,15,26H,14H2. The van der Waals surface area contributed by atoms with Crippen LogP contribution in [0.4, 0.5) is 0 Å². The summed E-state index contributed by atoms with van der Waals surface area (Å²) in [6.45, 7) is 0. The van der Waals surface area contributed by atoms with E-state index in [2.05, 4.69) is 10.2 Å². The summed E-state index contributed by atoms with van der Waals surface area (Å²) >= 11 is 0. The van der Waals surface area contributed by atoms with Gasteiger partial charge in [-0.15, -0.1) is 4.79 Å². The molecule has 0 aliphatic rings. The van der Waals surface area contributed by atoms with Crippen molar-refractivity contribution in [2.24, 2.45) is 5.10 Å². The molecule has 5 nitrogen and oxygen atoms in total. The highest BCUT2D eigenvalue weighted by molar-refractivity contribution is 5.85. The second kappa shape index (κ2) is 7.25. The van der Waals surface area contributed by atoms with Crippen LogP contribution < -0.4 is 5.56 Å². The minimum atomic E-state index is -0.297. The maximum Gasteiger partial charge on any atom is 0.295 e. The molecule has 0 saturated heterocycles. The van der Waals surface area contributed by atoms with Crippen LogP contribution in [0.5, 0.6) is 5.75 Å². The van der Waals surface area contributed by atoms with Gasteiger partial charge < -0.3 is 5.11 Å². The van der Waals surface area contributed by atoms with E-state index in [0.717, 1.165) is 21.4 Å². The quantitative estimate of drug-likeness (QED) is 0.569. The Morgan fingerprint density at radius 3 is 2.33 bits per heavy atom. The molecule has 0 radical (unpaired) electrons. The summed E-state index contributed by atoms with van der Waals surface area (Å²) in [7, 11) is 0. The van der Waals surface area contributed by atoms with Crippen LogP contribution in [0.3, 0.4) is 0 Å². The van der Waals surface area contributed by atoms with E-state index in [-0.39, 0.29) is 11.3 Å². The first kappa shape index (κ1) is 16.7. The first-order valence-corrected chi connectivity index (χ1v) is 8.59. The molecule has 0 amide bonds. The number of aromatic nitrogens is 2. The number of rotatable bonds is 4. The number of phenols is 1. The number of benzene rings is 3. The summed E-state index contributed by atoms with van der Waals surface area (Å²) in [5.41, 5.74) is 2.09. The SMILES string of the molecule is O=c1c2ccccc2c(Cc2ccccc2)nn1N=Cc1ccccc1O. The summed E-state index contributed by atoms with van der Waals surface area (Å²) < 4.78 is 0. The zero-order valence-corrected chi connectivity index (χ0v) is 14.5. The Balaban J connectivity index is 1.82. The Labute approximate surface area is 155 Å². The molecule has 0 saturated carbocycles. The van der Waals surface area contributed by atoms with Crippen molar-refractivity contribution in [2.45, 2.75) is 6.42 Å². The predicted octanol–water partition coefficient (Wildman–Crippen LogP) is 3.58. The lowest BCUT2D eigenvalue weighted by Crippen LogP contribution is -2.21. The second-order valence-electron chi connectivity index (χ2n) is 6.15. The number of hydrogen-bond donors (Lipinski definition) is 1. The maximum atomic E-state index is 12.8. The minimum Gasteiger partial charge on any atom is -0.507 e. The average Bonchev–Trinajstić information content (AvgIpc) is 2.71. The molecule has 1 aromatic heterocycles. The third-order valence-electron chi connectivity index (χ3n) is 4.32. The van der Waals surface area contributed by atoms with E-state index in [1.54, 1.807) is 30.3 Å². The number of nitrogens with zero attached hydrogens (tertiary/aromatic N) is 3. The summed E-state index contributed by atoms with van der Waals surface area (Å²) in [4.78, 5) is 13.9. The predicted molar refractivity (Wildman–Crippen MR) is 106 cm³/mol. The van der Waals surface area contributed by atoms with Crippen molar-refractivity contribution in [3.8, 4) is 5.75 Å². The molecule has 0 bridgehead atoms. The second-order valence-corrected chi connectivity index (χ2v) is 6.15. The van der Waals surface area contributed by atoms with Crippen molar-refractivity contribution in [1.82, 2.24) is 9.89 Å². The number of hydrogen-bond acceptors (Lipinski definition) is 4. The Bertz CT molecular complexity index is 1180. The van der Waals surface area contributed by atoms with Crippen molar-refractivity contribution in [2.75, 3.05) is 0 Å². The fourth-order valence-corrected chi connectivity index (χ4v) is 2.95. The smallest absolute Gasteiger partial charge is 0.295 e. The topological polar surface area (TPSA) is 67.5 Å². The van der Waals surface area contributed by atoms with Gasteiger partial charge in [0.25, 0.3) is 5.56 Å². The third-order valence-corrected chi connectivity index (χ3v) is 4.32. The lowest BCUT2D eigenvalue weighted by Gasteiger charge is -2.08. The monoisotopic (exact) mass is 355 g/mol. The molecule has 0 fully saturated rings. The van der Waals surface area contributed by atoms with Crippen molar-refractivity contribution in [3.05, 3.63) is 106 Å². The van der Waals surface area contributed by atoms with Crippen LogP contribution in [-0.2, 0) is 6.42 Å². The van der Waals surface area contributed by atoms with E-state index >= 15 is 0 Å². The Hall–Kier alpha value is -3.73. The fraction of sp³-hybridized carbons (Fsp3) is 0.0455. The average molecular weight is 355 g/mol. The molecule has 4 rings (SSSR count). The fourth-order valence-electron chi connectivity index (χ4n) is 2.95. The van der Waals surface area contributed by atoms with Crippen LogP contribution in [0.25, 0.3) is 10.8 Å². The molecule has 3 aromatic carbocycles. The molecule has 132 valence electrons. The Morgan fingerprint density at radius 2 is 1.56 bits per heavy atom. The van der Waals surface area contributed by atoms with Gasteiger partial charge in [-0.1, -0.05) is 60.7 Å². The number of fused-ring (bicyclic) bond motifs is 1. The molecular formula is C22H17N3O2. The van der Waals surface area contributed by atoms with Gasteiger partial charge in [-0.3, -0.25) is 4.79 Å². The summed E-state index contributed by atoms with van der Waals surface area (Å²) in [5.74, 6) is 0.0968. The van der Waals surface area contributed by atoms with Crippen LogP contribution in [-0.4, -0.2) is 21.2 Å². The van der Waals surface area contributed by atoms with Gasteiger partial charge in [0.15, 0.2) is 0 Å². The van der Waals surface area contributed by atoms with Crippen molar-refractivity contribution < 1.29 is 5.11 Å². The molecule has 1 heterocycles. The van der Waals surface area contributed by atoms with Crippen molar-refractivity contribution >= 4 is 17.0 Å². The number of phenolic OH excluding ortho intramolecular Hbond substituents is 1. The highest BCUT2D eigenvalue weighted by Crippen LogP contribution is 2.17. The lowest BCUT2D eigenvalue weighted by molar-refractivity contribution is 0.474. The molecular weight excluding hydrogens is 338 g/mol. The van der Waals surface area contributed by atoms with Crippen LogP contribution in [0.1, 0.15) is 16.8 Å². The molecule has 0 aliphatic carbocycles. The molecule has 0 atom stereocenters. The van der Waals surface area contributed by atoms with E-state index in [1.807, 2.05) is 48.5 Å². The zero-order valence-electron chi connectivity index (χ0n) is 14.5. The van der Waals surface area contributed by atoms with E-state index in [1.165, 1.54) is 6.21 Å². The first-order valence-electron chi connectivity index (χ1n) is 8.59. The van der Waals surface area contributed by atoms with Crippen LogP contribution in [0.2, 0.25) is 0 Å². The summed E-state index contributed by atoms with van der Waals surface area (Å²) in [6, 6.07) is 24.2. The summed E-state index contributed by atoms with van der Waals surface area (Å²) in [5, 5.41) is 19.9. The van der Waals surface area contributed by atoms with Crippen molar-refractivity contribution in [1.29, 1.82) is 0 Å². The van der Waals surface area contributed by atoms with Gasteiger partial charge in [-0.05, 0) is 23.8 Å². The van der Waals surface area contributed by atoms with Crippen LogP contribution in [0.15, 0.2) is 88.8 Å². The molecule has 5 heteroatoms. The normalized spacial score (nSPS) is 11.3. The summed E-state index contributed by atoms with van der Waals surface area (Å²) in [6.07, 6.45) is 2.03.